The standard InChI is InChI=1S/C19H23F2N5O2/c1-25(2)11-9-22-18(27)16-14-8-3-4-10-26(14)17(23-16)19(28)24-15-12(20)6-5-7-13(15)21/h5-7H,3-4,8-11H2,1-2H3,(H,22,27)(H,24,28). The Balaban J connectivity index is 1.86. The molecule has 0 saturated carbocycles. The number of para-hydroxylation sites is 1. The number of benzene rings is 1. The highest BCUT2D eigenvalue weighted by Crippen LogP contribution is 2.23. The maximum Gasteiger partial charge on any atom is 0.291 e. The van der Waals surface area contributed by atoms with Gasteiger partial charge < -0.3 is 20.1 Å². The van der Waals surface area contributed by atoms with Gasteiger partial charge in [-0.2, -0.15) is 0 Å². The quantitative estimate of drug-likeness (QED) is 0.790. The van der Waals surface area contributed by atoms with Crippen molar-refractivity contribution in [1.82, 2.24) is 19.8 Å². The number of hydrogen-bond donors (Lipinski definition) is 2. The summed E-state index contributed by atoms with van der Waals surface area (Å²) >= 11 is 0. The largest absolute Gasteiger partial charge is 0.349 e. The molecule has 1 aliphatic heterocycles. The number of anilines is 1. The molecule has 9 heteroatoms. The van der Waals surface area contributed by atoms with E-state index in [2.05, 4.69) is 15.6 Å². The highest BCUT2D eigenvalue weighted by atomic mass is 19.1. The summed E-state index contributed by atoms with van der Waals surface area (Å²) in [6, 6.07) is 3.33. The molecule has 0 saturated heterocycles. The van der Waals surface area contributed by atoms with E-state index in [0.29, 0.717) is 31.7 Å². The Kier molecular flexibility index (Phi) is 6.03. The van der Waals surface area contributed by atoms with Gasteiger partial charge in [0.25, 0.3) is 11.8 Å². The summed E-state index contributed by atoms with van der Waals surface area (Å²) in [5.74, 6) is -2.88. The fraction of sp³-hybridized carbons (Fsp3) is 0.421. The summed E-state index contributed by atoms with van der Waals surface area (Å²) in [7, 11) is 3.80. The van der Waals surface area contributed by atoms with E-state index in [0.717, 1.165) is 25.0 Å². The van der Waals surface area contributed by atoms with Crippen molar-refractivity contribution in [2.24, 2.45) is 0 Å². The van der Waals surface area contributed by atoms with E-state index < -0.39 is 23.2 Å². The molecule has 1 aromatic carbocycles. The monoisotopic (exact) mass is 391 g/mol. The van der Waals surface area contributed by atoms with Crippen molar-refractivity contribution in [1.29, 1.82) is 0 Å². The molecule has 0 radical (unpaired) electrons. The summed E-state index contributed by atoms with van der Waals surface area (Å²) in [6.07, 6.45) is 2.33. The maximum absolute atomic E-state index is 13.9. The zero-order valence-corrected chi connectivity index (χ0v) is 15.9. The van der Waals surface area contributed by atoms with Crippen LogP contribution in [0.15, 0.2) is 18.2 Å². The Labute approximate surface area is 161 Å². The van der Waals surface area contributed by atoms with Crippen LogP contribution in [0.3, 0.4) is 0 Å². The molecule has 0 fully saturated rings. The molecule has 2 aromatic rings. The first-order valence-corrected chi connectivity index (χ1v) is 9.16. The molecule has 2 N–H and O–H groups in total. The molecular weight excluding hydrogens is 368 g/mol. The summed E-state index contributed by atoms with van der Waals surface area (Å²) in [4.78, 5) is 31.4. The molecular formula is C19H23F2N5O2. The molecule has 2 amide bonds. The lowest BCUT2D eigenvalue weighted by molar-refractivity contribution is 0.0945. The molecule has 150 valence electrons. The number of hydrogen-bond acceptors (Lipinski definition) is 4. The van der Waals surface area contributed by atoms with Crippen LogP contribution >= 0.6 is 0 Å². The number of imidazole rings is 1. The molecule has 1 aliphatic rings. The number of nitrogens with one attached hydrogen (secondary N) is 2. The van der Waals surface area contributed by atoms with Gasteiger partial charge in [-0.25, -0.2) is 13.8 Å². The first-order chi connectivity index (χ1) is 13.4. The molecule has 0 atom stereocenters. The highest BCUT2D eigenvalue weighted by Gasteiger charge is 2.28. The van der Waals surface area contributed by atoms with Crippen molar-refractivity contribution in [3.05, 3.63) is 47.0 Å². The Morgan fingerprint density at radius 3 is 2.57 bits per heavy atom. The van der Waals surface area contributed by atoms with Gasteiger partial charge in [0.05, 0.1) is 5.69 Å². The number of rotatable bonds is 6. The summed E-state index contributed by atoms with van der Waals surface area (Å²) in [5.41, 5.74) is 0.336. The van der Waals surface area contributed by atoms with Crippen LogP contribution in [0.4, 0.5) is 14.5 Å². The van der Waals surface area contributed by atoms with Gasteiger partial charge in [0.15, 0.2) is 5.82 Å². The number of carbonyl (C=O) groups excluding carboxylic acids is 2. The van der Waals surface area contributed by atoms with E-state index in [1.165, 1.54) is 6.07 Å². The first-order valence-electron chi connectivity index (χ1n) is 9.16. The van der Waals surface area contributed by atoms with Crippen LogP contribution in [-0.2, 0) is 13.0 Å². The predicted molar refractivity (Wildman–Crippen MR) is 100 cm³/mol. The number of halogens is 2. The van der Waals surface area contributed by atoms with E-state index >= 15 is 0 Å². The topological polar surface area (TPSA) is 79.3 Å². The number of likely N-dealkylation sites (N-methyl/N-ethyl adjacent to an activating group) is 1. The van der Waals surface area contributed by atoms with Crippen LogP contribution in [0.25, 0.3) is 0 Å². The summed E-state index contributed by atoms with van der Waals surface area (Å²) in [5, 5.41) is 5.04. The normalized spacial score (nSPS) is 13.3. The molecule has 0 unspecified atom stereocenters. The van der Waals surface area contributed by atoms with Gasteiger partial charge in [-0.05, 0) is 45.5 Å². The molecule has 2 heterocycles. The smallest absolute Gasteiger partial charge is 0.291 e. The van der Waals surface area contributed by atoms with Crippen molar-refractivity contribution >= 4 is 17.5 Å². The van der Waals surface area contributed by atoms with Crippen LogP contribution in [0.5, 0.6) is 0 Å². The van der Waals surface area contributed by atoms with Crippen LogP contribution in [0, 0.1) is 11.6 Å². The average Bonchev–Trinajstić information content (AvgIpc) is 3.04. The van der Waals surface area contributed by atoms with Crippen molar-refractivity contribution < 1.29 is 18.4 Å². The molecule has 3 rings (SSSR count). The van der Waals surface area contributed by atoms with E-state index in [1.54, 1.807) is 4.57 Å². The molecule has 1 aromatic heterocycles. The predicted octanol–water partition coefficient (Wildman–Crippen LogP) is 2.04. The second-order valence-electron chi connectivity index (χ2n) is 6.95. The molecule has 7 nitrogen and oxygen atoms in total. The summed E-state index contributed by atoms with van der Waals surface area (Å²) < 4.78 is 29.4. The zero-order valence-electron chi connectivity index (χ0n) is 15.9. The molecule has 28 heavy (non-hydrogen) atoms. The lowest BCUT2D eigenvalue weighted by Crippen LogP contribution is -2.32. The van der Waals surface area contributed by atoms with Gasteiger partial charge >= 0.3 is 0 Å². The van der Waals surface area contributed by atoms with Crippen LogP contribution < -0.4 is 10.6 Å². The fourth-order valence-electron chi connectivity index (χ4n) is 3.16. The zero-order chi connectivity index (χ0) is 20.3. The molecule has 0 aliphatic carbocycles. The van der Waals surface area contributed by atoms with Gasteiger partial charge in [-0.1, -0.05) is 6.07 Å². The minimum atomic E-state index is -0.875. The Morgan fingerprint density at radius 1 is 1.18 bits per heavy atom. The summed E-state index contributed by atoms with van der Waals surface area (Å²) in [6.45, 7) is 1.64. The number of carbonyl (C=O) groups is 2. The van der Waals surface area contributed by atoms with Crippen LogP contribution in [0.1, 0.15) is 39.6 Å². The van der Waals surface area contributed by atoms with Crippen LogP contribution in [-0.4, -0.2) is 53.5 Å². The van der Waals surface area contributed by atoms with Gasteiger partial charge in [-0.3, -0.25) is 9.59 Å². The van der Waals surface area contributed by atoms with E-state index in [-0.39, 0.29) is 17.4 Å². The second-order valence-corrected chi connectivity index (χ2v) is 6.95. The van der Waals surface area contributed by atoms with Gasteiger partial charge in [0, 0.05) is 19.6 Å². The third kappa shape index (κ3) is 4.19. The van der Waals surface area contributed by atoms with Gasteiger partial charge in [0.2, 0.25) is 0 Å². The van der Waals surface area contributed by atoms with Crippen molar-refractivity contribution in [2.75, 3.05) is 32.5 Å². The minimum Gasteiger partial charge on any atom is -0.349 e. The third-order valence-corrected chi connectivity index (χ3v) is 4.58. The first kappa shape index (κ1) is 19.9. The average molecular weight is 391 g/mol. The fourth-order valence-corrected chi connectivity index (χ4v) is 3.16. The van der Waals surface area contributed by atoms with Gasteiger partial charge in [0.1, 0.15) is 23.0 Å². The van der Waals surface area contributed by atoms with Gasteiger partial charge in [-0.15, -0.1) is 0 Å². The van der Waals surface area contributed by atoms with E-state index in [4.69, 9.17) is 0 Å². The lowest BCUT2D eigenvalue weighted by atomic mass is 10.1. The lowest BCUT2D eigenvalue weighted by Gasteiger charge is -2.17. The van der Waals surface area contributed by atoms with E-state index in [1.807, 2.05) is 19.0 Å². The third-order valence-electron chi connectivity index (χ3n) is 4.58. The minimum absolute atomic E-state index is 0.0184. The number of nitrogens with zero attached hydrogens (tertiary/aromatic N) is 3. The Hall–Kier alpha value is -2.81. The van der Waals surface area contributed by atoms with E-state index in [9.17, 15) is 18.4 Å². The second kappa shape index (κ2) is 8.47. The number of aromatic nitrogens is 2. The Morgan fingerprint density at radius 2 is 1.89 bits per heavy atom. The highest BCUT2D eigenvalue weighted by molar-refractivity contribution is 6.03. The number of fused-ring (bicyclic) bond motifs is 1. The number of amides is 2. The molecule has 0 bridgehead atoms. The van der Waals surface area contributed by atoms with Crippen molar-refractivity contribution in [3.8, 4) is 0 Å². The molecule has 0 spiro atoms. The van der Waals surface area contributed by atoms with Crippen LogP contribution in [0.2, 0.25) is 0 Å². The maximum atomic E-state index is 13.9. The Bertz CT molecular complexity index is 874. The SMILES string of the molecule is CN(C)CCNC(=O)c1nc(C(=O)Nc2c(F)cccc2F)n2c1CCCC2. The van der Waals surface area contributed by atoms with Crippen molar-refractivity contribution in [2.45, 2.75) is 25.8 Å². The van der Waals surface area contributed by atoms with Crippen molar-refractivity contribution in [3.63, 3.8) is 0 Å².